The van der Waals surface area contributed by atoms with Crippen LogP contribution in [0.2, 0.25) is 0 Å². The van der Waals surface area contributed by atoms with Crippen molar-refractivity contribution < 1.29 is 4.79 Å². The van der Waals surface area contributed by atoms with Gasteiger partial charge in [-0.3, -0.25) is 9.78 Å². The van der Waals surface area contributed by atoms with Gasteiger partial charge in [0.1, 0.15) is 0 Å². The maximum absolute atomic E-state index is 12.6. The van der Waals surface area contributed by atoms with Gasteiger partial charge in [0.25, 0.3) is 5.91 Å². The molecule has 5 nitrogen and oxygen atoms in total. The van der Waals surface area contributed by atoms with Gasteiger partial charge in [-0.1, -0.05) is 34.1 Å². The number of aromatic nitrogens is 1. The van der Waals surface area contributed by atoms with Crippen molar-refractivity contribution in [3.05, 3.63) is 101 Å². The van der Waals surface area contributed by atoms with E-state index in [4.69, 9.17) is 12.2 Å². The molecule has 0 aliphatic heterocycles. The van der Waals surface area contributed by atoms with Crippen LogP contribution < -0.4 is 16.0 Å². The van der Waals surface area contributed by atoms with Crippen molar-refractivity contribution in [1.82, 2.24) is 10.3 Å². The highest BCUT2D eigenvalue weighted by Gasteiger charge is 2.09. The normalized spacial score (nSPS) is 11.6. The molecular formula is C25H21BrN4OS. The minimum absolute atomic E-state index is 0.0683. The number of nitrogens with zero attached hydrogens (tertiary/aromatic N) is 1. The van der Waals surface area contributed by atoms with Crippen molar-refractivity contribution in [1.29, 1.82) is 0 Å². The molecule has 7 heteroatoms. The standard InChI is InChI=1S/C25H21BrN4OS/c1-16(17-4-7-20(26)8-5-17)28-25(32)30-22-11-9-21(10-12-22)29-24(31)19-6-13-23-18(15-19)3-2-14-27-23/h2-16H,1H3,(H,29,31)(H2,28,30,32). The number of amides is 1. The van der Waals surface area contributed by atoms with E-state index in [-0.39, 0.29) is 11.9 Å². The Balaban J connectivity index is 1.34. The van der Waals surface area contributed by atoms with E-state index in [9.17, 15) is 4.79 Å². The summed E-state index contributed by atoms with van der Waals surface area (Å²) in [6, 6.07) is 24.9. The average molecular weight is 505 g/mol. The molecule has 0 bridgehead atoms. The molecule has 3 N–H and O–H groups in total. The molecule has 0 spiro atoms. The highest BCUT2D eigenvalue weighted by Crippen LogP contribution is 2.19. The van der Waals surface area contributed by atoms with Gasteiger partial charge in [0, 0.05) is 33.0 Å². The molecule has 1 amide bonds. The third kappa shape index (κ3) is 5.49. The number of halogens is 1. The highest BCUT2D eigenvalue weighted by molar-refractivity contribution is 9.10. The van der Waals surface area contributed by atoms with E-state index < -0.39 is 0 Å². The Bertz CT molecular complexity index is 1260. The molecule has 1 aromatic heterocycles. The Morgan fingerprint density at radius 3 is 2.34 bits per heavy atom. The number of carbonyl (C=O) groups excluding carboxylic acids is 1. The van der Waals surface area contributed by atoms with E-state index in [0.717, 1.165) is 26.6 Å². The van der Waals surface area contributed by atoms with Gasteiger partial charge < -0.3 is 16.0 Å². The number of benzene rings is 3. The monoisotopic (exact) mass is 504 g/mol. The Hall–Kier alpha value is -3.29. The molecule has 160 valence electrons. The summed E-state index contributed by atoms with van der Waals surface area (Å²) in [6.45, 7) is 2.05. The minimum Gasteiger partial charge on any atom is -0.356 e. The topological polar surface area (TPSA) is 66.0 Å². The van der Waals surface area contributed by atoms with E-state index in [0.29, 0.717) is 16.4 Å². The zero-order valence-corrected chi connectivity index (χ0v) is 19.7. The summed E-state index contributed by atoms with van der Waals surface area (Å²) in [7, 11) is 0. The molecule has 1 atom stereocenters. The van der Waals surface area contributed by atoms with E-state index in [1.165, 1.54) is 0 Å². The molecule has 0 saturated heterocycles. The predicted molar refractivity (Wildman–Crippen MR) is 138 cm³/mol. The van der Waals surface area contributed by atoms with Gasteiger partial charge in [-0.15, -0.1) is 0 Å². The van der Waals surface area contributed by atoms with Crippen LogP contribution in [0.5, 0.6) is 0 Å². The second-order valence-electron chi connectivity index (χ2n) is 7.31. The molecule has 32 heavy (non-hydrogen) atoms. The second kappa shape index (κ2) is 9.89. The zero-order chi connectivity index (χ0) is 22.5. The summed E-state index contributed by atoms with van der Waals surface area (Å²) in [6.07, 6.45) is 1.74. The van der Waals surface area contributed by atoms with Gasteiger partial charge in [0.2, 0.25) is 0 Å². The first-order valence-electron chi connectivity index (χ1n) is 10.1. The molecule has 4 aromatic rings. The molecule has 1 heterocycles. The van der Waals surface area contributed by atoms with Crippen molar-refractivity contribution in [2.75, 3.05) is 10.6 Å². The summed E-state index contributed by atoms with van der Waals surface area (Å²) < 4.78 is 1.04. The first kappa shape index (κ1) is 21.9. The van der Waals surface area contributed by atoms with Gasteiger partial charge in [-0.25, -0.2) is 0 Å². The summed E-state index contributed by atoms with van der Waals surface area (Å²) in [5, 5.41) is 10.8. The third-order valence-corrected chi connectivity index (χ3v) is 5.73. The fourth-order valence-electron chi connectivity index (χ4n) is 3.26. The molecular weight excluding hydrogens is 484 g/mol. The van der Waals surface area contributed by atoms with Crippen LogP contribution in [0.4, 0.5) is 11.4 Å². The predicted octanol–water partition coefficient (Wildman–Crippen LogP) is 6.30. The Kier molecular flexibility index (Phi) is 6.78. The van der Waals surface area contributed by atoms with Crippen LogP contribution in [0.25, 0.3) is 10.9 Å². The van der Waals surface area contributed by atoms with Crippen molar-refractivity contribution >= 4 is 61.4 Å². The number of hydrogen-bond donors (Lipinski definition) is 3. The lowest BCUT2D eigenvalue weighted by atomic mass is 10.1. The number of rotatable bonds is 5. The van der Waals surface area contributed by atoms with Gasteiger partial charge in [0.15, 0.2) is 5.11 Å². The Morgan fingerprint density at radius 2 is 1.62 bits per heavy atom. The summed E-state index contributed by atoms with van der Waals surface area (Å²) in [5.74, 6) is -0.169. The lowest BCUT2D eigenvalue weighted by Gasteiger charge is -2.17. The van der Waals surface area contributed by atoms with Gasteiger partial charge in [-0.2, -0.15) is 0 Å². The largest absolute Gasteiger partial charge is 0.356 e. The SMILES string of the molecule is CC(NC(=S)Nc1ccc(NC(=O)c2ccc3ncccc3c2)cc1)c1ccc(Br)cc1. The van der Waals surface area contributed by atoms with E-state index >= 15 is 0 Å². The summed E-state index contributed by atoms with van der Waals surface area (Å²) >= 11 is 8.88. The number of anilines is 2. The van der Waals surface area contributed by atoms with Crippen LogP contribution in [0.15, 0.2) is 89.5 Å². The fraction of sp³-hybridized carbons (Fsp3) is 0.0800. The van der Waals surface area contributed by atoms with Crippen LogP contribution in [0.3, 0.4) is 0 Å². The first-order chi connectivity index (χ1) is 15.5. The summed E-state index contributed by atoms with van der Waals surface area (Å²) in [4.78, 5) is 16.9. The fourth-order valence-corrected chi connectivity index (χ4v) is 3.81. The number of hydrogen-bond acceptors (Lipinski definition) is 3. The highest BCUT2D eigenvalue weighted by atomic mass is 79.9. The average Bonchev–Trinajstić information content (AvgIpc) is 2.80. The Labute approximate surface area is 200 Å². The van der Waals surface area contributed by atoms with Crippen molar-refractivity contribution in [2.24, 2.45) is 0 Å². The zero-order valence-electron chi connectivity index (χ0n) is 17.3. The molecule has 0 aliphatic carbocycles. The lowest BCUT2D eigenvalue weighted by Crippen LogP contribution is -2.30. The maximum atomic E-state index is 12.6. The van der Waals surface area contributed by atoms with Crippen LogP contribution >= 0.6 is 28.1 Å². The third-order valence-electron chi connectivity index (χ3n) is 4.98. The van der Waals surface area contributed by atoms with E-state index in [2.05, 4.69) is 43.8 Å². The van der Waals surface area contributed by atoms with Crippen molar-refractivity contribution in [3.63, 3.8) is 0 Å². The molecule has 4 rings (SSSR count). The maximum Gasteiger partial charge on any atom is 0.255 e. The molecule has 1 unspecified atom stereocenters. The van der Waals surface area contributed by atoms with E-state index in [1.807, 2.05) is 72.8 Å². The summed E-state index contributed by atoms with van der Waals surface area (Å²) in [5.41, 5.74) is 4.12. The van der Waals surface area contributed by atoms with Gasteiger partial charge in [-0.05, 0) is 85.4 Å². The van der Waals surface area contributed by atoms with E-state index in [1.54, 1.807) is 12.3 Å². The second-order valence-corrected chi connectivity index (χ2v) is 8.64. The minimum atomic E-state index is -0.169. The van der Waals surface area contributed by atoms with Gasteiger partial charge in [0.05, 0.1) is 11.6 Å². The number of nitrogens with one attached hydrogen (secondary N) is 3. The number of carbonyl (C=O) groups is 1. The number of fused-ring (bicyclic) bond motifs is 1. The Morgan fingerprint density at radius 1 is 0.938 bits per heavy atom. The first-order valence-corrected chi connectivity index (χ1v) is 11.3. The van der Waals surface area contributed by atoms with Crippen LogP contribution in [-0.2, 0) is 0 Å². The van der Waals surface area contributed by atoms with Crippen molar-refractivity contribution in [2.45, 2.75) is 13.0 Å². The van der Waals surface area contributed by atoms with Crippen molar-refractivity contribution in [3.8, 4) is 0 Å². The molecule has 0 fully saturated rings. The lowest BCUT2D eigenvalue weighted by molar-refractivity contribution is 0.102. The number of pyridine rings is 1. The smallest absolute Gasteiger partial charge is 0.255 e. The quantitative estimate of drug-likeness (QED) is 0.278. The van der Waals surface area contributed by atoms with Crippen LogP contribution in [-0.4, -0.2) is 16.0 Å². The molecule has 0 aliphatic rings. The van der Waals surface area contributed by atoms with Crippen LogP contribution in [0, 0.1) is 0 Å². The van der Waals surface area contributed by atoms with Crippen LogP contribution in [0.1, 0.15) is 28.9 Å². The molecule has 3 aromatic carbocycles. The molecule has 0 radical (unpaired) electrons. The molecule has 0 saturated carbocycles. The number of thiocarbonyl (C=S) groups is 1. The van der Waals surface area contributed by atoms with Gasteiger partial charge >= 0.3 is 0 Å².